The zero-order valence-electron chi connectivity index (χ0n) is 16.0. The third kappa shape index (κ3) is 3.58. The zero-order valence-corrected chi connectivity index (χ0v) is 18.4. The van der Waals surface area contributed by atoms with E-state index in [1.165, 1.54) is 51.6 Å². The van der Waals surface area contributed by atoms with Gasteiger partial charge in [-0.2, -0.15) is 0 Å². The van der Waals surface area contributed by atoms with Crippen molar-refractivity contribution in [3.8, 4) is 0 Å². The van der Waals surface area contributed by atoms with E-state index in [0.29, 0.717) is 22.0 Å². The van der Waals surface area contributed by atoms with Crippen molar-refractivity contribution in [1.29, 1.82) is 0 Å². The van der Waals surface area contributed by atoms with Gasteiger partial charge in [-0.3, -0.25) is 4.90 Å². The molecule has 3 heterocycles. The number of hydrogen-bond donors (Lipinski definition) is 1. The minimum Gasteiger partial charge on any atom is -0.342 e. The summed E-state index contributed by atoms with van der Waals surface area (Å²) in [7, 11) is 0. The SMILES string of the molecule is S=C(Nc1cc(Cl)cc(Cl)c1)N1CCCC2=CC3CC(CN4CCCC[C@H]34)[C@@H]21. The number of hydrogen-bond acceptors (Lipinski definition) is 2. The summed E-state index contributed by atoms with van der Waals surface area (Å²) < 4.78 is 0. The minimum atomic E-state index is 0.447. The van der Waals surface area contributed by atoms with Gasteiger partial charge in [0.25, 0.3) is 0 Å². The molecule has 1 aromatic rings. The average molecular weight is 436 g/mol. The maximum absolute atomic E-state index is 6.17. The van der Waals surface area contributed by atoms with Gasteiger partial charge >= 0.3 is 0 Å². The lowest BCUT2D eigenvalue weighted by molar-refractivity contribution is 0.0132. The lowest BCUT2D eigenvalue weighted by Crippen LogP contribution is -2.60. The van der Waals surface area contributed by atoms with Crippen LogP contribution in [-0.2, 0) is 0 Å². The molecule has 5 rings (SSSR count). The van der Waals surface area contributed by atoms with Crippen molar-refractivity contribution in [1.82, 2.24) is 9.80 Å². The van der Waals surface area contributed by atoms with Crippen LogP contribution < -0.4 is 5.32 Å². The van der Waals surface area contributed by atoms with Crippen LogP contribution in [0.3, 0.4) is 0 Å². The molecule has 0 aromatic heterocycles. The predicted octanol–water partition coefficient (Wildman–Crippen LogP) is 5.59. The summed E-state index contributed by atoms with van der Waals surface area (Å²) in [6.45, 7) is 3.52. The van der Waals surface area contributed by atoms with Gasteiger partial charge in [-0.25, -0.2) is 0 Å². The molecule has 6 heteroatoms. The molecule has 0 radical (unpaired) electrons. The molecule has 28 heavy (non-hydrogen) atoms. The summed E-state index contributed by atoms with van der Waals surface area (Å²) in [5.74, 6) is 1.43. The van der Waals surface area contributed by atoms with Gasteiger partial charge in [0.05, 0.1) is 6.04 Å². The average Bonchev–Trinajstić information content (AvgIpc) is 2.67. The fourth-order valence-electron chi connectivity index (χ4n) is 6.02. The Morgan fingerprint density at radius 1 is 1.07 bits per heavy atom. The summed E-state index contributed by atoms with van der Waals surface area (Å²) in [5, 5.41) is 5.46. The third-order valence-electron chi connectivity index (χ3n) is 7.03. The molecule has 3 fully saturated rings. The van der Waals surface area contributed by atoms with Crippen LogP contribution in [0.1, 0.15) is 38.5 Å². The van der Waals surface area contributed by atoms with Gasteiger partial charge < -0.3 is 10.2 Å². The zero-order chi connectivity index (χ0) is 19.3. The Hall–Kier alpha value is -0.810. The van der Waals surface area contributed by atoms with Crippen molar-refractivity contribution in [2.24, 2.45) is 11.8 Å². The standard InChI is InChI=1S/C22H27Cl2N3S/c23-17-10-18(24)12-19(11-17)25-22(28)27-7-3-4-14-8-15-9-16(21(14)27)13-26-6-2-1-5-20(15)26/h8,10-12,15-16,20-21H,1-7,9,13H2,(H,25,28)/t15?,16?,20-,21-/m1/s1. The van der Waals surface area contributed by atoms with Crippen molar-refractivity contribution >= 4 is 46.2 Å². The van der Waals surface area contributed by atoms with E-state index in [2.05, 4.69) is 21.2 Å². The van der Waals surface area contributed by atoms with Crippen LogP contribution >= 0.6 is 35.4 Å². The number of anilines is 1. The van der Waals surface area contributed by atoms with Gasteiger partial charge in [-0.05, 0) is 80.9 Å². The van der Waals surface area contributed by atoms with E-state index in [4.69, 9.17) is 35.4 Å². The number of nitrogens with zero attached hydrogens (tertiary/aromatic N) is 2. The number of fused-ring (bicyclic) bond motifs is 6. The molecule has 1 aliphatic carbocycles. The van der Waals surface area contributed by atoms with E-state index < -0.39 is 0 Å². The van der Waals surface area contributed by atoms with E-state index in [1.54, 1.807) is 11.6 Å². The minimum absolute atomic E-state index is 0.447. The van der Waals surface area contributed by atoms with Gasteiger partial charge in [-0.1, -0.05) is 41.3 Å². The van der Waals surface area contributed by atoms with Crippen molar-refractivity contribution in [2.75, 3.05) is 25.0 Å². The first-order valence-electron chi connectivity index (χ1n) is 10.6. The lowest BCUT2D eigenvalue weighted by Gasteiger charge is -2.55. The second-order valence-electron chi connectivity index (χ2n) is 8.79. The Kier molecular flexibility index (Phi) is 5.33. The first kappa shape index (κ1) is 19.2. The lowest BCUT2D eigenvalue weighted by atomic mass is 9.68. The Balaban J connectivity index is 1.39. The number of benzene rings is 1. The van der Waals surface area contributed by atoms with Crippen molar-refractivity contribution in [3.05, 3.63) is 39.9 Å². The maximum Gasteiger partial charge on any atom is 0.173 e. The largest absolute Gasteiger partial charge is 0.342 e. The van der Waals surface area contributed by atoms with E-state index >= 15 is 0 Å². The molecule has 4 aliphatic rings. The highest BCUT2D eigenvalue weighted by molar-refractivity contribution is 7.80. The normalized spacial score (nSPS) is 32.2. The molecule has 0 amide bonds. The quantitative estimate of drug-likeness (QED) is 0.457. The monoisotopic (exact) mass is 435 g/mol. The van der Waals surface area contributed by atoms with Crippen molar-refractivity contribution in [3.63, 3.8) is 0 Å². The molecular formula is C22H27Cl2N3S. The number of halogens is 2. The summed E-state index contributed by atoms with van der Waals surface area (Å²) in [4.78, 5) is 5.21. The molecule has 1 aromatic carbocycles. The Morgan fingerprint density at radius 2 is 1.89 bits per heavy atom. The molecular weight excluding hydrogens is 409 g/mol. The summed E-state index contributed by atoms with van der Waals surface area (Å²) in [6.07, 6.45) is 10.5. The molecule has 2 bridgehead atoms. The Bertz CT molecular complexity index is 791. The number of thiocarbonyl (C=S) groups is 1. The molecule has 1 N–H and O–H groups in total. The van der Waals surface area contributed by atoms with Gasteiger partial charge in [0, 0.05) is 34.9 Å². The molecule has 4 atom stereocenters. The summed E-state index contributed by atoms with van der Waals surface area (Å²) >= 11 is 18.2. The fraction of sp³-hybridized carbons (Fsp3) is 0.591. The molecule has 3 saturated heterocycles. The fourth-order valence-corrected chi connectivity index (χ4v) is 6.87. The van der Waals surface area contributed by atoms with Gasteiger partial charge in [0.2, 0.25) is 0 Å². The second kappa shape index (κ2) is 7.79. The first-order chi connectivity index (χ1) is 13.6. The second-order valence-corrected chi connectivity index (χ2v) is 10.0. The summed E-state index contributed by atoms with van der Waals surface area (Å²) in [6, 6.07) is 6.75. The molecule has 0 spiro atoms. The molecule has 3 aliphatic heterocycles. The van der Waals surface area contributed by atoms with E-state index in [1.807, 2.05) is 12.1 Å². The summed E-state index contributed by atoms with van der Waals surface area (Å²) in [5.41, 5.74) is 2.50. The Morgan fingerprint density at radius 3 is 2.71 bits per heavy atom. The highest BCUT2D eigenvalue weighted by Gasteiger charge is 2.46. The third-order valence-corrected chi connectivity index (χ3v) is 7.80. The smallest absolute Gasteiger partial charge is 0.173 e. The Labute approximate surface area is 183 Å². The van der Waals surface area contributed by atoms with Gasteiger partial charge in [0.15, 0.2) is 5.11 Å². The van der Waals surface area contributed by atoms with Crippen molar-refractivity contribution < 1.29 is 0 Å². The van der Waals surface area contributed by atoms with Gasteiger partial charge in [0.1, 0.15) is 0 Å². The molecule has 150 valence electrons. The number of nitrogens with one attached hydrogen (secondary N) is 1. The van der Waals surface area contributed by atoms with E-state index in [0.717, 1.165) is 29.3 Å². The first-order valence-corrected chi connectivity index (χ1v) is 11.7. The van der Waals surface area contributed by atoms with Crippen LogP contribution in [0.4, 0.5) is 5.69 Å². The maximum atomic E-state index is 6.17. The molecule has 2 unspecified atom stereocenters. The predicted molar refractivity (Wildman–Crippen MR) is 121 cm³/mol. The van der Waals surface area contributed by atoms with Crippen molar-refractivity contribution in [2.45, 2.75) is 50.6 Å². The van der Waals surface area contributed by atoms with Gasteiger partial charge in [-0.15, -0.1) is 0 Å². The van der Waals surface area contributed by atoms with E-state index in [9.17, 15) is 0 Å². The van der Waals surface area contributed by atoms with Crippen LogP contribution in [0.5, 0.6) is 0 Å². The number of rotatable bonds is 1. The molecule has 0 saturated carbocycles. The highest BCUT2D eigenvalue weighted by Crippen LogP contribution is 2.45. The molecule has 3 nitrogen and oxygen atoms in total. The number of piperidine rings is 3. The van der Waals surface area contributed by atoms with E-state index in [-0.39, 0.29) is 0 Å². The van der Waals surface area contributed by atoms with Crippen LogP contribution in [0, 0.1) is 11.8 Å². The van der Waals surface area contributed by atoms with Crippen LogP contribution in [-0.4, -0.2) is 46.6 Å². The topological polar surface area (TPSA) is 18.5 Å². The van der Waals surface area contributed by atoms with Crippen LogP contribution in [0.15, 0.2) is 29.8 Å². The van der Waals surface area contributed by atoms with Crippen LogP contribution in [0.2, 0.25) is 10.0 Å². The number of likely N-dealkylation sites (tertiary alicyclic amines) is 1. The highest BCUT2D eigenvalue weighted by atomic mass is 35.5. The van der Waals surface area contributed by atoms with Crippen LogP contribution in [0.25, 0.3) is 0 Å².